The monoisotopic (exact) mass is 406 g/mol. The molecule has 3 aromatic rings. The molecule has 0 amide bonds. The molecule has 5 rings (SSSR count). The number of ether oxygens (including phenoxy) is 1. The average Bonchev–Trinajstić information content (AvgIpc) is 3.54. The second kappa shape index (κ2) is 6.69. The molecule has 2 N–H and O–H groups in total. The van der Waals surface area contributed by atoms with Crippen molar-refractivity contribution in [2.24, 2.45) is 16.6 Å². The molecule has 1 fully saturated rings. The van der Waals surface area contributed by atoms with Crippen LogP contribution in [0.15, 0.2) is 41.8 Å². The van der Waals surface area contributed by atoms with E-state index in [-0.39, 0.29) is 23.6 Å². The van der Waals surface area contributed by atoms with Gasteiger partial charge < -0.3 is 10.5 Å². The fourth-order valence-electron chi connectivity index (χ4n) is 4.12. The average molecular weight is 406 g/mol. The maximum Gasteiger partial charge on any atom is 0.283 e. The first-order valence-electron chi connectivity index (χ1n) is 9.40. The van der Waals surface area contributed by atoms with Gasteiger partial charge in [0.15, 0.2) is 0 Å². The van der Waals surface area contributed by atoms with E-state index >= 15 is 0 Å². The van der Waals surface area contributed by atoms with Crippen molar-refractivity contribution >= 4 is 17.1 Å². The van der Waals surface area contributed by atoms with Gasteiger partial charge in [-0.05, 0) is 30.2 Å². The van der Waals surface area contributed by atoms with Crippen molar-refractivity contribution in [3.05, 3.63) is 65.0 Å². The van der Waals surface area contributed by atoms with Gasteiger partial charge in [0.05, 0.1) is 16.8 Å². The predicted molar refractivity (Wildman–Crippen MR) is 104 cm³/mol. The van der Waals surface area contributed by atoms with Crippen molar-refractivity contribution in [3.63, 3.8) is 0 Å². The summed E-state index contributed by atoms with van der Waals surface area (Å²) in [5, 5.41) is 9.05. The fourth-order valence-corrected chi connectivity index (χ4v) is 4.12. The Morgan fingerprint density at radius 1 is 1.27 bits per heavy atom. The van der Waals surface area contributed by atoms with E-state index in [1.54, 1.807) is 18.2 Å². The van der Waals surface area contributed by atoms with E-state index in [4.69, 9.17) is 15.7 Å². The lowest BCUT2D eigenvalue weighted by molar-refractivity contribution is 0.168. The first-order chi connectivity index (χ1) is 14.5. The minimum absolute atomic E-state index is 0.115. The Hall–Kier alpha value is -3.67. The Labute approximate surface area is 170 Å². The highest BCUT2D eigenvalue weighted by Crippen LogP contribution is 2.53. The van der Waals surface area contributed by atoms with Crippen molar-refractivity contribution in [2.45, 2.75) is 24.5 Å². The summed E-state index contributed by atoms with van der Waals surface area (Å²) in [5.41, 5.74) is 7.36. The molecular weight excluding hydrogens is 390 g/mol. The van der Waals surface area contributed by atoms with E-state index in [0.29, 0.717) is 35.1 Å². The molecule has 3 atom stereocenters. The fraction of sp³-hybridized carbons (Fsp3) is 0.286. The highest BCUT2D eigenvalue weighted by molar-refractivity contribution is 5.77. The second-order valence-corrected chi connectivity index (χ2v) is 7.52. The molecule has 9 heteroatoms. The van der Waals surface area contributed by atoms with Crippen LogP contribution in [0, 0.1) is 23.1 Å². The quantitative estimate of drug-likeness (QED) is 0.713. The van der Waals surface area contributed by atoms with Crippen molar-refractivity contribution < 1.29 is 13.5 Å². The standard InChI is InChI=1S/C21H16F2N6O/c22-9-21(14-6-18(14)30-20(25)29-21)13-3-11(1-2-15(13)23)4-16-19-17(28-10-27-16)5-12(7-24)8-26-19/h1-3,5,8,10,14,18H,4,6,9H2,(H2,25,29)/t14-,18+,21+/m0/s1. The first kappa shape index (κ1) is 18.4. The van der Waals surface area contributed by atoms with Crippen LogP contribution < -0.4 is 5.73 Å². The van der Waals surface area contributed by atoms with Crippen LogP contribution in [0.4, 0.5) is 8.78 Å². The molecule has 0 radical (unpaired) electrons. The molecule has 150 valence electrons. The third kappa shape index (κ3) is 2.84. The zero-order valence-corrected chi connectivity index (χ0v) is 15.7. The van der Waals surface area contributed by atoms with Crippen molar-refractivity contribution in [3.8, 4) is 6.07 Å². The predicted octanol–water partition coefficient (Wildman–Crippen LogP) is 2.52. The summed E-state index contributed by atoms with van der Waals surface area (Å²) in [5.74, 6) is -0.782. The van der Waals surface area contributed by atoms with Gasteiger partial charge in [0.2, 0.25) is 0 Å². The number of halogens is 2. The minimum Gasteiger partial charge on any atom is -0.462 e. The molecule has 1 saturated carbocycles. The Morgan fingerprint density at radius 2 is 2.13 bits per heavy atom. The van der Waals surface area contributed by atoms with Gasteiger partial charge >= 0.3 is 0 Å². The number of hydrogen-bond acceptors (Lipinski definition) is 7. The molecule has 2 aromatic heterocycles. The molecule has 1 aromatic carbocycles. The van der Waals surface area contributed by atoms with Crippen LogP contribution in [-0.2, 0) is 16.7 Å². The number of nitrogens with two attached hydrogens (primary N) is 1. The summed E-state index contributed by atoms with van der Waals surface area (Å²) in [7, 11) is 0. The topological polar surface area (TPSA) is 110 Å². The number of aromatic nitrogens is 3. The molecule has 1 aliphatic carbocycles. The zero-order valence-electron chi connectivity index (χ0n) is 15.7. The number of benzene rings is 1. The number of nitriles is 1. The number of hydrogen-bond donors (Lipinski definition) is 1. The molecule has 1 aliphatic heterocycles. The Bertz CT molecular complexity index is 1240. The number of aliphatic imine (C=N–C) groups is 1. The summed E-state index contributed by atoms with van der Waals surface area (Å²) in [6, 6.07) is 8.10. The Kier molecular flexibility index (Phi) is 4.10. The van der Waals surface area contributed by atoms with E-state index in [1.165, 1.54) is 18.6 Å². The van der Waals surface area contributed by atoms with Crippen LogP contribution >= 0.6 is 0 Å². The summed E-state index contributed by atoms with van der Waals surface area (Å²) in [6.45, 7) is -0.868. The maximum absolute atomic E-state index is 14.8. The smallest absolute Gasteiger partial charge is 0.283 e. The normalized spacial score (nSPS) is 24.5. The van der Waals surface area contributed by atoms with Crippen molar-refractivity contribution in [2.75, 3.05) is 6.67 Å². The molecule has 0 bridgehead atoms. The van der Waals surface area contributed by atoms with E-state index < -0.39 is 18.0 Å². The molecular formula is C21H16F2N6O. The van der Waals surface area contributed by atoms with Crippen molar-refractivity contribution in [1.29, 1.82) is 5.26 Å². The third-order valence-electron chi connectivity index (χ3n) is 5.68. The summed E-state index contributed by atoms with van der Waals surface area (Å²) in [4.78, 5) is 17.0. The summed E-state index contributed by atoms with van der Waals surface area (Å²) in [6.07, 6.45) is 3.53. The lowest BCUT2D eigenvalue weighted by atomic mass is 9.84. The highest BCUT2D eigenvalue weighted by Gasteiger charge is 2.60. The van der Waals surface area contributed by atoms with E-state index in [2.05, 4.69) is 19.9 Å². The van der Waals surface area contributed by atoms with Gasteiger partial charge in [-0.1, -0.05) is 6.07 Å². The minimum atomic E-state index is -1.37. The van der Waals surface area contributed by atoms with Gasteiger partial charge in [-0.25, -0.2) is 23.7 Å². The largest absolute Gasteiger partial charge is 0.462 e. The van der Waals surface area contributed by atoms with Crippen LogP contribution in [0.3, 0.4) is 0 Å². The second-order valence-electron chi connectivity index (χ2n) is 7.52. The highest BCUT2D eigenvalue weighted by atomic mass is 19.1. The summed E-state index contributed by atoms with van der Waals surface area (Å²) >= 11 is 0. The summed E-state index contributed by atoms with van der Waals surface area (Å²) < 4.78 is 34.4. The van der Waals surface area contributed by atoms with Crippen molar-refractivity contribution in [1.82, 2.24) is 15.0 Å². The molecule has 30 heavy (non-hydrogen) atoms. The number of fused-ring (bicyclic) bond motifs is 2. The first-order valence-corrected chi connectivity index (χ1v) is 9.40. The molecule has 0 spiro atoms. The lowest BCUT2D eigenvalue weighted by Crippen LogP contribution is -2.39. The molecule has 3 heterocycles. The number of rotatable bonds is 4. The zero-order chi connectivity index (χ0) is 20.9. The maximum atomic E-state index is 14.8. The van der Waals surface area contributed by atoms with E-state index in [1.807, 2.05) is 6.07 Å². The van der Waals surface area contributed by atoms with Crippen LogP contribution in [-0.4, -0.2) is 33.8 Å². The van der Waals surface area contributed by atoms with Gasteiger partial charge in [-0.2, -0.15) is 5.26 Å². The number of pyridine rings is 1. The van der Waals surface area contributed by atoms with Gasteiger partial charge in [0.1, 0.15) is 42.0 Å². The lowest BCUT2D eigenvalue weighted by Gasteiger charge is -2.31. The third-order valence-corrected chi connectivity index (χ3v) is 5.68. The molecule has 0 unspecified atom stereocenters. The van der Waals surface area contributed by atoms with E-state index in [0.717, 1.165) is 5.56 Å². The van der Waals surface area contributed by atoms with E-state index in [9.17, 15) is 8.78 Å². The van der Waals surface area contributed by atoms with Crippen LogP contribution in [0.2, 0.25) is 0 Å². The SMILES string of the molecule is N#Cc1cnc2c(Cc3ccc(F)c([C@@]4(CF)N=C(N)O[C@@H]5C[C@@H]54)c3)ncnc2c1. The number of alkyl halides is 1. The molecule has 2 aliphatic rings. The number of nitrogens with zero attached hydrogens (tertiary/aromatic N) is 5. The Morgan fingerprint density at radius 3 is 2.93 bits per heavy atom. The van der Waals surface area contributed by atoms with Crippen LogP contribution in [0.5, 0.6) is 0 Å². The molecule has 7 nitrogen and oxygen atoms in total. The number of amidine groups is 1. The van der Waals surface area contributed by atoms with Crippen LogP contribution in [0.1, 0.15) is 28.8 Å². The Balaban J connectivity index is 1.56. The van der Waals surface area contributed by atoms with Gasteiger partial charge in [-0.15, -0.1) is 0 Å². The molecule has 0 saturated heterocycles. The van der Waals surface area contributed by atoms with Gasteiger partial charge in [0.25, 0.3) is 6.02 Å². The van der Waals surface area contributed by atoms with Crippen LogP contribution in [0.25, 0.3) is 11.0 Å². The van der Waals surface area contributed by atoms with Gasteiger partial charge in [-0.3, -0.25) is 4.98 Å². The van der Waals surface area contributed by atoms with Gasteiger partial charge in [0, 0.05) is 24.1 Å².